The Labute approximate surface area is 151 Å². The van der Waals surface area contributed by atoms with Gasteiger partial charge in [-0.3, -0.25) is 4.79 Å². The smallest absolute Gasteiger partial charge is 0.282 e. The van der Waals surface area contributed by atoms with Crippen LogP contribution in [-0.2, 0) is 15.0 Å². The van der Waals surface area contributed by atoms with Gasteiger partial charge in [0.25, 0.3) is 10.2 Å². The monoisotopic (exact) mass is 372 g/mol. The zero-order chi connectivity index (χ0) is 17.9. The Hall–Kier alpha value is -0.700. The molecule has 7 nitrogen and oxygen atoms in total. The van der Waals surface area contributed by atoms with Gasteiger partial charge in [-0.25, -0.2) is 0 Å². The van der Waals surface area contributed by atoms with Gasteiger partial charge in [0.1, 0.15) is 0 Å². The van der Waals surface area contributed by atoms with Crippen LogP contribution in [0.25, 0.3) is 0 Å². The second kappa shape index (κ2) is 8.33. The minimum absolute atomic E-state index is 0.0572. The molecule has 1 amide bonds. The Morgan fingerprint density at radius 3 is 2.28 bits per heavy atom. The number of piperidine rings is 1. The van der Waals surface area contributed by atoms with E-state index in [1.807, 2.05) is 4.90 Å². The van der Waals surface area contributed by atoms with E-state index in [0.29, 0.717) is 26.2 Å². The van der Waals surface area contributed by atoms with Gasteiger partial charge in [-0.1, -0.05) is 19.3 Å². The third kappa shape index (κ3) is 4.35. The maximum absolute atomic E-state index is 12.9. The molecule has 2 aliphatic heterocycles. The van der Waals surface area contributed by atoms with Crippen LogP contribution in [0.15, 0.2) is 0 Å². The fraction of sp³-hybridized carbons (Fsp3) is 0.941. The Bertz CT molecular complexity index is 548. The average molecular weight is 373 g/mol. The van der Waals surface area contributed by atoms with Gasteiger partial charge in [-0.2, -0.15) is 17.0 Å². The van der Waals surface area contributed by atoms with Crippen LogP contribution in [-0.4, -0.2) is 80.2 Å². The first-order chi connectivity index (χ1) is 12.0. The lowest BCUT2D eigenvalue weighted by molar-refractivity contribution is -0.137. The lowest BCUT2D eigenvalue weighted by atomic mass is 9.96. The van der Waals surface area contributed by atoms with Gasteiger partial charge in [-0.05, 0) is 32.2 Å². The molecule has 3 aliphatic rings. The third-order valence-corrected chi connectivity index (χ3v) is 8.02. The molecule has 0 bridgehead atoms. The number of rotatable bonds is 4. The summed E-state index contributed by atoms with van der Waals surface area (Å²) in [5.74, 6) is 0.242. The maximum Gasteiger partial charge on any atom is 0.282 e. The molecule has 1 aliphatic carbocycles. The van der Waals surface area contributed by atoms with Crippen molar-refractivity contribution < 1.29 is 13.2 Å². The zero-order valence-electron chi connectivity index (χ0n) is 15.3. The number of amides is 1. The van der Waals surface area contributed by atoms with Crippen LogP contribution in [0.4, 0.5) is 0 Å². The Kier molecular flexibility index (Phi) is 6.35. The summed E-state index contributed by atoms with van der Waals surface area (Å²) >= 11 is 0. The minimum atomic E-state index is -3.42. The fourth-order valence-corrected chi connectivity index (χ4v) is 5.85. The van der Waals surface area contributed by atoms with Crippen LogP contribution in [0.2, 0.25) is 0 Å². The lowest BCUT2D eigenvalue weighted by Crippen LogP contribution is -2.56. The lowest BCUT2D eigenvalue weighted by Gasteiger charge is -2.39. The first-order valence-corrected chi connectivity index (χ1v) is 11.1. The molecule has 0 spiro atoms. The number of hydrogen-bond donors (Lipinski definition) is 1. The van der Waals surface area contributed by atoms with Crippen molar-refractivity contribution in [1.29, 1.82) is 0 Å². The number of hydrogen-bond acceptors (Lipinski definition) is 4. The predicted octanol–water partition coefficient (Wildman–Crippen LogP) is 0.640. The predicted molar refractivity (Wildman–Crippen MR) is 97.3 cm³/mol. The van der Waals surface area contributed by atoms with E-state index >= 15 is 0 Å². The normalized spacial score (nSPS) is 27.6. The molecule has 3 fully saturated rings. The number of nitrogens with one attached hydrogen (secondary N) is 1. The summed E-state index contributed by atoms with van der Waals surface area (Å²) in [6.45, 7) is 3.57. The van der Waals surface area contributed by atoms with Gasteiger partial charge in [0.15, 0.2) is 0 Å². The van der Waals surface area contributed by atoms with E-state index in [2.05, 4.69) is 5.32 Å². The molecule has 0 aromatic carbocycles. The standard InChI is InChI=1S/C17H32N4O3S/c1-19(16-7-3-2-4-8-16)25(23,24)21-12-10-20(11-13-21)17(22)15-6-5-9-18-14-15/h15-16,18H,2-14H2,1H3. The molecule has 3 rings (SSSR count). The van der Waals surface area contributed by atoms with Gasteiger partial charge >= 0.3 is 0 Å². The minimum Gasteiger partial charge on any atom is -0.340 e. The summed E-state index contributed by atoms with van der Waals surface area (Å²) < 4.78 is 28.9. The quantitative estimate of drug-likeness (QED) is 0.786. The average Bonchev–Trinajstić information content (AvgIpc) is 2.68. The summed E-state index contributed by atoms with van der Waals surface area (Å²) in [7, 11) is -1.70. The maximum atomic E-state index is 12.9. The highest BCUT2D eigenvalue weighted by Crippen LogP contribution is 2.25. The summed E-state index contributed by atoms with van der Waals surface area (Å²) in [5.41, 5.74) is 0. The van der Waals surface area contributed by atoms with E-state index in [1.165, 1.54) is 6.42 Å². The van der Waals surface area contributed by atoms with Crippen LogP contribution in [0.1, 0.15) is 44.9 Å². The molecular formula is C17H32N4O3S. The highest BCUT2D eigenvalue weighted by molar-refractivity contribution is 7.86. The third-order valence-electron chi connectivity index (χ3n) is 5.98. The van der Waals surface area contributed by atoms with E-state index in [4.69, 9.17) is 0 Å². The zero-order valence-corrected chi connectivity index (χ0v) is 16.1. The number of piperazine rings is 1. The molecule has 8 heteroatoms. The SMILES string of the molecule is CN(C1CCCCC1)S(=O)(=O)N1CCN(C(=O)C2CCCNC2)CC1. The second-order valence-corrected chi connectivity index (χ2v) is 9.57. The van der Waals surface area contributed by atoms with Crippen molar-refractivity contribution in [3.8, 4) is 0 Å². The van der Waals surface area contributed by atoms with Crippen molar-refractivity contribution >= 4 is 16.1 Å². The summed E-state index contributed by atoms with van der Waals surface area (Å²) in [6.07, 6.45) is 7.34. The summed E-state index contributed by atoms with van der Waals surface area (Å²) in [6, 6.07) is 0.131. The summed E-state index contributed by atoms with van der Waals surface area (Å²) in [5, 5.41) is 3.28. The second-order valence-electron chi connectivity index (χ2n) is 7.58. The first kappa shape index (κ1) is 19.1. The van der Waals surface area contributed by atoms with E-state index in [9.17, 15) is 13.2 Å². The van der Waals surface area contributed by atoms with Crippen molar-refractivity contribution in [3.63, 3.8) is 0 Å². The van der Waals surface area contributed by atoms with Crippen molar-refractivity contribution in [2.45, 2.75) is 51.0 Å². The molecule has 1 saturated carbocycles. The molecule has 0 aromatic heterocycles. The van der Waals surface area contributed by atoms with Crippen molar-refractivity contribution in [2.75, 3.05) is 46.3 Å². The highest BCUT2D eigenvalue weighted by Gasteiger charge is 2.36. The molecule has 25 heavy (non-hydrogen) atoms. The van der Waals surface area contributed by atoms with Crippen LogP contribution in [0.5, 0.6) is 0 Å². The van der Waals surface area contributed by atoms with Crippen LogP contribution in [0, 0.1) is 5.92 Å². The van der Waals surface area contributed by atoms with E-state index < -0.39 is 10.2 Å². The van der Waals surface area contributed by atoms with Crippen molar-refractivity contribution in [2.24, 2.45) is 5.92 Å². The topological polar surface area (TPSA) is 73.0 Å². The fourth-order valence-electron chi connectivity index (χ4n) is 4.28. The van der Waals surface area contributed by atoms with E-state index in [-0.39, 0.29) is 17.9 Å². The number of carbonyl (C=O) groups is 1. The van der Waals surface area contributed by atoms with Gasteiger partial charge < -0.3 is 10.2 Å². The van der Waals surface area contributed by atoms with Crippen LogP contribution >= 0.6 is 0 Å². The molecule has 144 valence electrons. The van der Waals surface area contributed by atoms with Gasteiger partial charge in [0.2, 0.25) is 5.91 Å². The Balaban J connectivity index is 1.54. The molecule has 1 atom stereocenters. The molecule has 2 saturated heterocycles. The molecule has 0 aromatic rings. The van der Waals surface area contributed by atoms with E-state index in [0.717, 1.165) is 51.6 Å². The Morgan fingerprint density at radius 2 is 1.68 bits per heavy atom. The molecule has 1 unspecified atom stereocenters. The van der Waals surface area contributed by atoms with Gasteiger partial charge in [0, 0.05) is 45.8 Å². The van der Waals surface area contributed by atoms with Crippen molar-refractivity contribution in [3.05, 3.63) is 0 Å². The van der Waals surface area contributed by atoms with E-state index in [1.54, 1.807) is 15.7 Å². The molecule has 1 N–H and O–H groups in total. The first-order valence-electron chi connectivity index (χ1n) is 9.73. The highest BCUT2D eigenvalue weighted by atomic mass is 32.2. The number of carbonyl (C=O) groups excluding carboxylic acids is 1. The molecule has 2 heterocycles. The molecular weight excluding hydrogens is 340 g/mol. The molecule has 0 radical (unpaired) electrons. The Morgan fingerprint density at radius 1 is 1.00 bits per heavy atom. The largest absolute Gasteiger partial charge is 0.340 e. The number of nitrogens with zero attached hydrogens (tertiary/aromatic N) is 3. The van der Waals surface area contributed by atoms with Crippen LogP contribution in [0.3, 0.4) is 0 Å². The van der Waals surface area contributed by atoms with Crippen molar-refractivity contribution in [1.82, 2.24) is 18.8 Å². The summed E-state index contributed by atoms with van der Waals surface area (Å²) in [4.78, 5) is 14.4. The van der Waals surface area contributed by atoms with Gasteiger partial charge in [0.05, 0.1) is 5.92 Å². The van der Waals surface area contributed by atoms with Gasteiger partial charge in [-0.15, -0.1) is 0 Å². The van der Waals surface area contributed by atoms with Crippen LogP contribution < -0.4 is 5.32 Å².